The fraction of sp³-hybridized carbons (Fsp3) is 0.125. The van der Waals surface area contributed by atoms with Gasteiger partial charge in [-0.05, 0) is 18.4 Å². The van der Waals surface area contributed by atoms with Gasteiger partial charge in [0.15, 0.2) is 0 Å². The average molecular weight is 105 g/mol. The zero-order valence-corrected chi connectivity index (χ0v) is 4.80. The summed E-state index contributed by atoms with van der Waals surface area (Å²) in [5.41, 5.74) is 1.23. The molecule has 0 spiro atoms. The molecule has 0 unspecified atom stereocenters. The molecule has 8 heavy (non-hydrogen) atoms. The van der Waals surface area contributed by atoms with Crippen molar-refractivity contribution < 1.29 is 0 Å². The molecule has 41 valence electrons. The van der Waals surface area contributed by atoms with Gasteiger partial charge in [-0.15, -0.1) is 0 Å². The van der Waals surface area contributed by atoms with Crippen LogP contribution >= 0.6 is 0 Å². The molecular formula is C8H9. The summed E-state index contributed by atoms with van der Waals surface area (Å²) in [7, 11) is 0. The molecule has 0 saturated heterocycles. The Hall–Kier alpha value is -0.780. The maximum atomic E-state index is 3.65. The van der Waals surface area contributed by atoms with E-state index >= 15 is 0 Å². The molecule has 0 heterocycles. The molecule has 0 aromatic heterocycles. The van der Waals surface area contributed by atoms with Crippen molar-refractivity contribution in [3.05, 3.63) is 42.9 Å². The van der Waals surface area contributed by atoms with Crippen LogP contribution in [0.4, 0.5) is 0 Å². The van der Waals surface area contributed by atoms with E-state index in [2.05, 4.69) is 31.2 Å². The first-order chi connectivity index (χ1) is 3.93. The Bertz CT molecular complexity index is 138. The predicted octanol–water partition coefficient (Wildman–Crippen LogP) is 2.26. The van der Waals surface area contributed by atoms with Gasteiger partial charge < -0.3 is 0 Å². The molecule has 0 bridgehead atoms. The first kappa shape index (κ1) is 5.36. The summed E-state index contributed by atoms with van der Waals surface area (Å²) in [6, 6.07) is 0. The van der Waals surface area contributed by atoms with Crippen molar-refractivity contribution in [3.63, 3.8) is 0 Å². The van der Waals surface area contributed by atoms with Gasteiger partial charge in [0.2, 0.25) is 0 Å². The summed E-state index contributed by atoms with van der Waals surface area (Å²) >= 11 is 0. The minimum absolute atomic E-state index is 1.05. The highest BCUT2D eigenvalue weighted by molar-refractivity contribution is 5.33. The first-order valence-corrected chi connectivity index (χ1v) is 2.76. The second-order valence-corrected chi connectivity index (χ2v) is 1.74. The molecule has 1 rings (SSSR count). The maximum absolute atomic E-state index is 3.65. The van der Waals surface area contributed by atoms with Crippen LogP contribution in [0, 0.1) is 6.42 Å². The lowest BCUT2D eigenvalue weighted by molar-refractivity contribution is 1.24. The van der Waals surface area contributed by atoms with E-state index in [9.17, 15) is 0 Å². The van der Waals surface area contributed by atoms with Crippen molar-refractivity contribution in [2.24, 2.45) is 0 Å². The molecule has 1 radical (unpaired) electrons. The van der Waals surface area contributed by atoms with E-state index in [0.29, 0.717) is 0 Å². The zero-order valence-electron chi connectivity index (χ0n) is 4.80. The first-order valence-electron chi connectivity index (χ1n) is 2.76. The molecule has 0 fully saturated rings. The minimum atomic E-state index is 1.05. The van der Waals surface area contributed by atoms with Gasteiger partial charge in [-0.2, -0.15) is 0 Å². The summed E-state index contributed by atoms with van der Waals surface area (Å²) in [6.07, 6.45) is 11.3. The standard InChI is InChI=1S/C8H9/c1-2-8-6-4-3-5-7-8/h2-4,6-7H,1,5H2. The zero-order chi connectivity index (χ0) is 5.82. The van der Waals surface area contributed by atoms with E-state index in [1.165, 1.54) is 5.57 Å². The summed E-state index contributed by atoms with van der Waals surface area (Å²) in [5, 5.41) is 0. The number of allylic oxidation sites excluding steroid dienone is 5. The van der Waals surface area contributed by atoms with Crippen LogP contribution in [0.3, 0.4) is 0 Å². The molecule has 0 heteroatoms. The third kappa shape index (κ3) is 1.09. The Labute approximate surface area is 50.2 Å². The van der Waals surface area contributed by atoms with Gasteiger partial charge in [0.05, 0.1) is 0 Å². The molecular weight excluding hydrogens is 96.1 g/mol. The Kier molecular flexibility index (Phi) is 1.68. The molecule has 0 nitrogen and oxygen atoms in total. The predicted molar refractivity (Wildman–Crippen MR) is 36.3 cm³/mol. The van der Waals surface area contributed by atoms with Crippen LogP contribution in [0.15, 0.2) is 36.5 Å². The molecule has 0 aromatic carbocycles. The lowest BCUT2D eigenvalue weighted by Gasteiger charge is -1.97. The number of hydrogen-bond acceptors (Lipinski definition) is 0. The molecule has 0 saturated carbocycles. The SMILES string of the molecule is C=CC1=CC[CH]C=C1. The van der Waals surface area contributed by atoms with Crippen LogP contribution < -0.4 is 0 Å². The quantitative estimate of drug-likeness (QED) is 0.480. The third-order valence-electron chi connectivity index (χ3n) is 1.15. The van der Waals surface area contributed by atoms with E-state index < -0.39 is 0 Å². The fourth-order valence-electron chi connectivity index (χ4n) is 0.681. The summed E-state index contributed by atoms with van der Waals surface area (Å²) in [5.74, 6) is 0. The van der Waals surface area contributed by atoms with Crippen molar-refractivity contribution in [1.29, 1.82) is 0 Å². The Balaban J connectivity index is 2.64. The monoisotopic (exact) mass is 105 g/mol. The number of rotatable bonds is 1. The molecule has 0 atom stereocenters. The van der Waals surface area contributed by atoms with E-state index in [0.717, 1.165) is 6.42 Å². The van der Waals surface area contributed by atoms with Gasteiger partial charge in [-0.3, -0.25) is 0 Å². The normalized spacial score (nSPS) is 17.8. The Morgan fingerprint density at radius 1 is 1.62 bits per heavy atom. The fourth-order valence-corrected chi connectivity index (χ4v) is 0.681. The second kappa shape index (κ2) is 2.51. The van der Waals surface area contributed by atoms with Gasteiger partial charge in [-0.1, -0.05) is 30.9 Å². The van der Waals surface area contributed by atoms with E-state index in [4.69, 9.17) is 0 Å². The maximum Gasteiger partial charge on any atom is -0.0129 e. The smallest absolute Gasteiger partial charge is 0.0129 e. The topological polar surface area (TPSA) is 0 Å². The molecule has 0 N–H and O–H groups in total. The van der Waals surface area contributed by atoms with Crippen LogP contribution in [0.25, 0.3) is 0 Å². The van der Waals surface area contributed by atoms with E-state index in [1.807, 2.05) is 6.08 Å². The van der Waals surface area contributed by atoms with Crippen LogP contribution in [-0.2, 0) is 0 Å². The minimum Gasteiger partial charge on any atom is -0.0985 e. The summed E-state index contributed by atoms with van der Waals surface area (Å²) in [4.78, 5) is 0. The van der Waals surface area contributed by atoms with E-state index in [1.54, 1.807) is 0 Å². The second-order valence-electron chi connectivity index (χ2n) is 1.74. The highest BCUT2D eigenvalue weighted by atomic mass is 13.9. The van der Waals surface area contributed by atoms with Gasteiger partial charge in [0.1, 0.15) is 0 Å². The van der Waals surface area contributed by atoms with Crippen molar-refractivity contribution in [3.8, 4) is 0 Å². The molecule has 0 amide bonds. The van der Waals surface area contributed by atoms with Crippen LogP contribution in [0.5, 0.6) is 0 Å². The van der Waals surface area contributed by atoms with Crippen LogP contribution in [0.1, 0.15) is 6.42 Å². The summed E-state index contributed by atoms with van der Waals surface area (Å²) in [6.45, 7) is 3.65. The number of hydrogen-bond donors (Lipinski definition) is 0. The van der Waals surface area contributed by atoms with Crippen molar-refractivity contribution in [2.45, 2.75) is 6.42 Å². The van der Waals surface area contributed by atoms with E-state index in [-0.39, 0.29) is 0 Å². The lowest BCUT2D eigenvalue weighted by atomic mass is 10.1. The summed E-state index contributed by atoms with van der Waals surface area (Å²) < 4.78 is 0. The van der Waals surface area contributed by atoms with Crippen molar-refractivity contribution in [1.82, 2.24) is 0 Å². The van der Waals surface area contributed by atoms with Gasteiger partial charge in [0.25, 0.3) is 0 Å². The highest BCUT2D eigenvalue weighted by Gasteiger charge is 1.89. The van der Waals surface area contributed by atoms with Crippen molar-refractivity contribution >= 4 is 0 Å². The molecule has 1 aliphatic rings. The highest BCUT2D eigenvalue weighted by Crippen LogP contribution is 2.08. The van der Waals surface area contributed by atoms with Gasteiger partial charge in [-0.25, -0.2) is 0 Å². The molecule has 0 aliphatic heterocycles. The van der Waals surface area contributed by atoms with Gasteiger partial charge in [0, 0.05) is 0 Å². The third-order valence-corrected chi connectivity index (χ3v) is 1.15. The largest absolute Gasteiger partial charge is 0.0985 e. The average Bonchev–Trinajstić information content (AvgIpc) is 1.90. The Morgan fingerprint density at radius 2 is 2.50 bits per heavy atom. The molecule has 0 aromatic rings. The lowest BCUT2D eigenvalue weighted by Crippen LogP contribution is -1.78. The van der Waals surface area contributed by atoms with Crippen molar-refractivity contribution in [2.75, 3.05) is 0 Å². The molecule has 1 aliphatic carbocycles. The van der Waals surface area contributed by atoms with Crippen LogP contribution in [-0.4, -0.2) is 0 Å². The van der Waals surface area contributed by atoms with Gasteiger partial charge >= 0.3 is 0 Å². The van der Waals surface area contributed by atoms with Crippen LogP contribution in [0.2, 0.25) is 0 Å². The Morgan fingerprint density at radius 3 is 2.88 bits per heavy atom.